The fourth-order valence-corrected chi connectivity index (χ4v) is 5.94. The molecule has 0 radical (unpaired) electrons. The number of nitrogens with zero attached hydrogens (tertiary/aromatic N) is 2. The molecule has 0 saturated heterocycles. The SMILES string of the molecule is CCN(C)CCC(O)(c1cccc2ccccc12)C(c1ccccc1)c1cc2cc(Br)c(C)cc2nc1OC. The maximum absolute atomic E-state index is 13.2. The zero-order valence-electron chi connectivity index (χ0n) is 23.0. The van der Waals surface area contributed by atoms with Gasteiger partial charge >= 0.3 is 0 Å². The van der Waals surface area contributed by atoms with E-state index in [1.54, 1.807) is 7.11 Å². The van der Waals surface area contributed by atoms with E-state index >= 15 is 0 Å². The molecule has 5 heteroatoms. The average Bonchev–Trinajstić information content (AvgIpc) is 2.96. The van der Waals surface area contributed by atoms with Crippen LogP contribution in [-0.2, 0) is 5.60 Å². The first-order valence-corrected chi connectivity index (χ1v) is 14.2. The first kappa shape index (κ1) is 27.3. The lowest BCUT2D eigenvalue weighted by Gasteiger charge is -2.39. The monoisotopic (exact) mass is 582 g/mol. The second-order valence-electron chi connectivity index (χ2n) is 10.3. The van der Waals surface area contributed by atoms with Crippen LogP contribution in [0, 0.1) is 6.92 Å². The molecule has 200 valence electrons. The molecule has 1 aromatic heterocycles. The number of aryl methyl sites for hydroxylation is 1. The molecule has 39 heavy (non-hydrogen) atoms. The summed E-state index contributed by atoms with van der Waals surface area (Å²) in [6, 6.07) is 31.1. The van der Waals surface area contributed by atoms with Crippen molar-refractivity contribution < 1.29 is 9.84 Å². The number of hydrogen-bond acceptors (Lipinski definition) is 4. The van der Waals surface area contributed by atoms with Gasteiger partial charge in [0, 0.05) is 27.9 Å². The topological polar surface area (TPSA) is 45.6 Å². The number of halogens is 1. The third kappa shape index (κ3) is 5.31. The van der Waals surface area contributed by atoms with Gasteiger partial charge in [0.2, 0.25) is 5.88 Å². The number of methoxy groups -OCH3 is 1. The summed E-state index contributed by atoms with van der Waals surface area (Å²) in [6.45, 7) is 5.83. The second kappa shape index (κ2) is 11.5. The summed E-state index contributed by atoms with van der Waals surface area (Å²) in [5.74, 6) is 0.0993. The van der Waals surface area contributed by atoms with Crippen LogP contribution in [0.3, 0.4) is 0 Å². The Morgan fingerprint density at radius 1 is 0.949 bits per heavy atom. The van der Waals surface area contributed by atoms with Crippen LogP contribution in [0.15, 0.2) is 95.5 Å². The molecule has 0 aliphatic carbocycles. The van der Waals surface area contributed by atoms with E-state index in [4.69, 9.17) is 9.72 Å². The zero-order chi connectivity index (χ0) is 27.6. The Balaban J connectivity index is 1.83. The summed E-state index contributed by atoms with van der Waals surface area (Å²) in [5.41, 5.74) is 3.50. The van der Waals surface area contributed by atoms with Crippen molar-refractivity contribution in [2.45, 2.75) is 31.8 Å². The third-order valence-electron chi connectivity index (χ3n) is 7.87. The Labute approximate surface area is 239 Å². The minimum Gasteiger partial charge on any atom is -0.481 e. The van der Waals surface area contributed by atoms with Gasteiger partial charge in [-0.25, -0.2) is 4.98 Å². The van der Waals surface area contributed by atoms with Crippen LogP contribution in [0.4, 0.5) is 0 Å². The fraction of sp³-hybridized carbons (Fsp3) is 0.265. The predicted octanol–water partition coefficient (Wildman–Crippen LogP) is 7.83. The predicted molar refractivity (Wildman–Crippen MR) is 165 cm³/mol. The molecular formula is C34H35BrN2O2. The van der Waals surface area contributed by atoms with Gasteiger partial charge in [-0.3, -0.25) is 0 Å². The van der Waals surface area contributed by atoms with E-state index in [0.717, 1.165) is 61.5 Å². The smallest absolute Gasteiger partial charge is 0.217 e. The lowest BCUT2D eigenvalue weighted by Crippen LogP contribution is -2.38. The molecule has 4 aromatic carbocycles. The number of aliphatic hydroxyl groups is 1. The van der Waals surface area contributed by atoms with Crippen LogP contribution in [0.2, 0.25) is 0 Å². The maximum atomic E-state index is 13.2. The highest BCUT2D eigenvalue weighted by molar-refractivity contribution is 9.10. The Morgan fingerprint density at radius 2 is 1.67 bits per heavy atom. The summed E-state index contributed by atoms with van der Waals surface area (Å²) in [4.78, 5) is 7.20. The van der Waals surface area contributed by atoms with Gasteiger partial charge in [-0.15, -0.1) is 0 Å². The van der Waals surface area contributed by atoms with E-state index in [1.165, 1.54) is 0 Å². The summed E-state index contributed by atoms with van der Waals surface area (Å²) in [5, 5.41) is 16.3. The number of aromatic nitrogens is 1. The first-order valence-electron chi connectivity index (χ1n) is 13.4. The van der Waals surface area contributed by atoms with Gasteiger partial charge in [0.1, 0.15) is 5.60 Å². The quantitative estimate of drug-likeness (QED) is 0.192. The summed E-state index contributed by atoms with van der Waals surface area (Å²) in [6.07, 6.45) is 0.531. The Morgan fingerprint density at radius 3 is 2.41 bits per heavy atom. The molecule has 2 unspecified atom stereocenters. The van der Waals surface area contributed by atoms with Crippen molar-refractivity contribution in [2.24, 2.45) is 0 Å². The van der Waals surface area contributed by atoms with E-state index in [0.29, 0.717) is 12.3 Å². The molecule has 0 spiro atoms. The normalized spacial score (nSPS) is 14.0. The molecule has 0 aliphatic heterocycles. The number of hydrogen-bond donors (Lipinski definition) is 1. The number of pyridine rings is 1. The van der Waals surface area contributed by atoms with Crippen molar-refractivity contribution in [2.75, 3.05) is 27.2 Å². The molecule has 0 saturated carbocycles. The second-order valence-corrected chi connectivity index (χ2v) is 11.2. The van der Waals surface area contributed by atoms with Gasteiger partial charge in [-0.1, -0.05) is 95.7 Å². The van der Waals surface area contributed by atoms with Crippen molar-refractivity contribution in [1.82, 2.24) is 9.88 Å². The minimum absolute atomic E-state index is 0.429. The zero-order valence-corrected chi connectivity index (χ0v) is 24.6. The first-order chi connectivity index (χ1) is 18.9. The molecule has 0 bridgehead atoms. The van der Waals surface area contributed by atoms with E-state index in [1.807, 2.05) is 36.4 Å². The van der Waals surface area contributed by atoms with Crippen LogP contribution in [-0.4, -0.2) is 42.2 Å². The highest BCUT2D eigenvalue weighted by Gasteiger charge is 2.43. The molecule has 0 amide bonds. The van der Waals surface area contributed by atoms with Crippen LogP contribution >= 0.6 is 15.9 Å². The summed E-state index contributed by atoms with van der Waals surface area (Å²) in [7, 11) is 3.76. The standard InChI is InChI=1S/C34H35BrN2O2/c1-5-37(3)19-18-34(38,29-17-11-15-24-12-9-10-16-27(24)29)32(25-13-7-6-8-14-25)28-21-26-22-30(35)23(2)20-31(26)36-33(28)39-4/h6-17,20-22,32,38H,5,18-19H2,1-4H3. The number of fused-ring (bicyclic) bond motifs is 2. The molecule has 4 nitrogen and oxygen atoms in total. The Hall–Kier alpha value is -3.25. The van der Waals surface area contributed by atoms with E-state index in [9.17, 15) is 5.11 Å². The van der Waals surface area contributed by atoms with Crippen LogP contribution in [0.25, 0.3) is 21.7 Å². The minimum atomic E-state index is -1.25. The fourth-order valence-electron chi connectivity index (χ4n) is 5.58. The van der Waals surface area contributed by atoms with Crippen molar-refractivity contribution in [1.29, 1.82) is 0 Å². The third-order valence-corrected chi connectivity index (χ3v) is 8.73. The van der Waals surface area contributed by atoms with Crippen LogP contribution in [0.1, 0.15) is 41.5 Å². The molecule has 5 rings (SSSR count). The Bertz CT molecular complexity index is 1600. The molecule has 0 aliphatic rings. The van der Waals surface area contributed by atoms with E-state index in [2.05, 4.69) is 96.3 Å². The van der Waals surface area contributed by atoms with Crippen molar-refractivity contribution in [3.05, 3.63) is 118 Å². The Kier molecular flexibility index (Phi) is 8.03. The number of benzene rings is 4. The van der Waals surface area contributed by atoms with Gasteiger partial charge < -0.3 is 14.7 Å². The summed E-state index contributed by atoms with van der Waals surface area (Å²) >= 11 is 3.70. The largest absolute Gasteiger partial charge is 0.481 e. The van der Waals surface area contributed by atoms with Gasteiger partial charge in [0.25, 0.3) is 0 Å². The molecule has 5 aromatic rings. The highest BCUT2D eigenvalue weighted by atomic mass is 79.9. The van der Waals surface area contributed by atoms with Crippen molar-refractivity contribution >= 4 is 37.6 Å². The maximum Gasteiger partial charge on any atom is 0.217 e. The lowest BCUT2D eigenvalue weighted by molar-refractivity contribution is 0.00397. The average molecular weight is 584 g/mol. The molecule has 1 heterocycles. The van der Waals surface area contributed by atoms with Gasteiger partial charge in [-0.2, -0.15) is 0 Å². The van der Waals surface area contributed by atoms with Gasteiger partial charge in [-0.05, 0) is 72.6 Å². The van der Waals surface area contributed by atoms with Crippen molar-refractivity contribution in [3.63, 3.8) is 0 Å². The summed E-state index contributed by atoms with van der Waals surface area (Å²) < 4.78 is 6.97. The highest BCUT2D eigenvalue weighted by Crippen LogP contribution is 2.49. The van der Waals surface area contributed by atoms with Crippen LogP contribution < -0.4 is 4.74 Å². The van der Waals surface area contributed by atoms with E-state index in [-0.39, 0.29) is 0 Å². The van der Waals surface area contributed by atoms with Crippen LogP contribution in [0.5, 0.6) is 5.88 Å². The number of ether oxygens (including phenoxy) is 1. The van der Waals surface area contributed by atoms with Crippen molar-refractivity contribution in [3.8, 4) is 5.88 Å². The molecule has 1 N–H and O–H groups in total. The lowest BCUT2D eigenvalue weighted by atomic mass is 9.70. The van der Waals surface area contributed by atoms with Gasteiger partial charge in [0.15, 0.2) is 0 Å². The van der Waals surface area contributed by atoms with E-state index < -0.39 is 11.5 Å². The number of rotatable bonds is 9. The molecule has 0 fully saturated rings. The van der Waals surface area contributed by atoms with Gasteiger partial charge in [0.05, 0.1) is 12.6 Å². The molecular weight excluding hydrogens is 548 g/mol. The molecule has 2 atom stereocenters.